The van der Waals surface area contributed by atoms with Gasteiger partial charge in [-0.1, -0.05) is 36.4 Å². The molecule has 5 nitrogen and oxygen atoms in total. The zero-order valence-corrected chi connectivity index (χ0v) is 19.6. The maximum absolute atomic E-state index is 13.6. The summed E-state index contributed by atoms with van der Waals surface area (Å²) >= 11 is 0.968. The van der Waals surface area contributed by atoms with Crippen LogP contribution in [0.3, 0.4) is 0 Å². The summed E-state index contributed by atoms with van der Waals surface area (Å²) in [5.74, 6) is -0.952. The number of sulfone groups is 1. The van der Waals surface area contributed by atoms with E-state index in [2.05, 4.69) is 5.32 Å². The number of anilines is 3. The van der Waals surface area contributed by atoms with Crippen LogP contribution in [0.15, 0.2) is 82.6 Å². The van der Waals surface area contributed by atoms with E-state index >= 15 is 0 Å². The van der Waals surface area contributed by atoms with E-state index in [0.717, 1.165) is 28.2 Å². The van der Waals surface area contributed by atoms with E-state index < -0.39 is 21.4 Å². The van der Waals surface area contributed by atoms with Crippen LogP contribution >= 0.6 is 11.3 Å². The first-order valence-electron chi connectivity index (χ1n) is 10.1. The molecule has 4 rings (SSSR count). The third kappa shape index (κ3) is 4.27. The predicted molar refractivity (Wildman–Crippen MR) is 130 cm³/mol. The van der Waals surface area contributed by atoms with E-state index in [4.69, 9.17) is 5.73 Å². The summed E-state index contributed by atoms with van der Waals surface area (Å²) in [4.78, 5) is 13.2. The van der Waals surface area contributed by atoms with Gasteiger partial charge in [-0.2, -0.15) is 0 Å². The molecule has 0 amide bonds. The molecule has 0 aliphatic rings. The van der Waals surface area contributed by atoms with E-state index in [1.54, 1.807) is 18.2 Å². The zero-order chi connectivity index (χ0) is 23.8. The van der Waals surface area contributed by atoms with Gasteiger partial charge in [-0.05, 0) is 61.4 Å². The lowest BCUT2D eigenvalue weighted by atomic mass is 10.1. The summed E-state index contributed by atoms with van der Waals surface area (Å²) in [5, 5.41) is 3.46. The molecule has 0 radical (unpaired) electrons. The summed E-state index contributed by atoms with van der Waals surface area (Å²) in [5.41, 5.74) is 8.97. The van der Waals surface area contributed by atoms with Gasteiger partial charge in [0, 0.05) is 11.3 Å². The van der Waals surface area contributed by atoms with Gasteiger partial charge in [0.05, 0.1) is 10.6 Å². The van der Waals surface area contributed by atoms with Crippen LogP contribution in [0.5, 0.6) is 0 Å². The number of thiophene rings is 1. The fourth-order valence-electron chi connectivity index (χ4n) is 3.52. The van der Waals surface area contributed by atoms with Gasteiger partial charge in [-0.15, -0.1) is 11.3 Å². The number of carbonyl (C=O) groups is 1. The number of benzene rings is 3. The van der Waals surface area contributed by atoms with E-state index in [9.17, 15) is 17.6 Å². The van der Waals surface area contributed by atoms with Gasteiger partial charge in [-0.25, -0.2) is 12.8 Å². The van der Waals surface area contributed by atoms with Crippen molar-refractivity contribution in [3.63, 3.8) is 0 Å². The molecule has 0 saturated carbocycles. The number of halogens is 1. The fourth-order valence-corrected chi connectivity index (χ4v) is 6.46. The lowest BCUT2D eigenvalue weighted by Gasteiger charge is -2.13. The van der Waals surface area contributed by atoms with Gasteiger partial charge < -0.3 is 11.1 Å². The molecule has 0 aliphatic carbocycles. The minimum absolute atomic E-state index is 0.0693. The zero-order valence-electron chi connectivity index (χ0n) is 17.9. The summed E-state index contributed by atoms with van der Waals surface area (Å²) in [6.45, 7) is 3.81. The SMILES string of the molecule is Cc1cccc(C)c1Nc1sc(C(=O)c2ccc(F)cc2)c(N)c1S(=O)(=O)c1ccccc1. The van der Waals surface area contributed by atoms with Gasteiger partial charge >= 0.3 is 0 Å². The Morgan fingerprint density at radius 1 is 0.909 bits per heavy atom. The topological polar surface area (TPSA) is 89.3 Å². The number of hydrogen-bond donors (Lipinski definition) is 2. The van der Waals surface area contributed by atoms with E-state index in [1.165, 1.54) is 36.4 Å². The van der Waals surface area contributed by atoms with E-state index in [-0.39, 0.29) is 30.9 Å². The molecular weight excluding hydrogens is 459 g/mol. The van der Waals surface area contributed by atoms with Crippen LogP contribution in [0.1, 0.15) is 26.4 Å². The number of hydrogen-bond acceptors (Lipinski definition) is 6. The second-order valence-electron chi connectivity index (χ2n) is 7.55. The first-order valence-corrected chi connectivity index (χ1v) is 12.4. The van der Waals surface area contributed by atoms with Gasteiger partial charge in [0.1, 0.15) is 20.6 Å². The van der Waals surface area contributed by atoms with Crippen LogP contribution < -0.4 is 11.1 Å². The number of nitrogens with two attached hydrogens (primary N) is 1. The number of carbonyl (C=O) groups excluding carboxylic acids is 1. The molecular formula is C25H21FN2O3S2. The molecule has 0 unspecified atom stereocenters. The highest BCUT2D eigenvalue weighted by atomic mass is 32.2. The monoisotopic (exact) mass is 480 g/mol. The Kier molecular flexibility index (Phi) is 6.05. The number of nitrogens with one attached hydrogen (secondary N) is 1. The van der Waals surface area contributed by atoms with Crippen LogP contribution in [-0.2, 0) is 9.84 Å². The fraction of sp³-hybridized carbons (Fsp3) is 0.0800. The van der Waals surface area contributed by atoms with E-state index in [1.807, 2.05) is 32.0 Å². The quantitative estimate of drug-likeness (QED) is 0.336. The standard InChI is InChI=1S/C25H21FN2O3S2/c1-15-7-6-8-16(2)21(15)28-25-24(33(30,31)19-9-4-3-5-10-19)20(27)23(32-25)22(29)17-11-13-18(26)14-12-17/h3-14,28H,27H2,1-2H3. The first-order chi connectivity index (χ1) is 15.7. The average Bonchev–Trinajstić information content (AvgIpc) is 3.13. The largest absolute Gasteiger partial charge is 0.396 e. The van der Waals surface area contributed by atoms with Crippen LogP contribution in [0.25, 0.3) is 0 Å². The van der Waals surface area contributed by atoms with Crippen molar-refractivity contribution in [2.24, 2.45) is 0 Å². The van der Waals surface area contributed by atoms with Crippen LogP contribution in [0.2, 0.25) is 0 Å². The number of ketones is 1. The smallest absolute Gasteiger partial charge is 0.211 e. The normalized spacial score (nSPS) is 11.4. The molecule has 168 valence electrons. The number of aryl methyl sites for hydroxylation is 2. The molecule has 1 aromatic heterocycles. The second kappa shape index (κ2) is 8.80. The maximum atomic E-state index is 13.6. The Balaban J connectivity index is 1.92. The highest BCUT2D eigenvalue weighted by Gasteiger charge is 2.32. The van der Waals surface area contributed by atoms with Crippen molar-refractivity contribution in [3.8, 4) is 0 Å². The van der Waals surface area contributed by atoms with Crippen molar-refractivity contribution in [2.75, 3.05) is 11.1 Å². The van der Waals surface area contributed by atoms with Crippen molar-refractivity contribution < 1.29 is 17.6 Å². The number of nitrogen functional groups attached to an aromatic ring is 1. The highest BCUT2D eigenvalue weighted by molar-refractivity contribution is 7.92. The summed E-state index contributed by atoms with van der Waals surface area (Å²) in [6.07, 6.45) is 0. The molecule has 0 spiro atoms. The van der Waals surface area contributed by atoms with Crippen LogP contribution in [-0.4, -0.2) is 14.2 Å². The molecule has 3 N–H and O–H groups in total. The lowest BCUT2D eigenvalue weighted by Crippen LogP contribution is -2.08. The molecule has 8 heteroatoms. The van der Waals surface area contributed by atoms with Gasteiger partial charge in [-0.3, -0.25) is 4.79 Å². The Labute approximate surface area is 195 Å². The average molecular weight is 481 g/mol. The lowest BCUT2D eigenvalue weighted by molar-refractivity contribution is 0.104. The Hall–Kier alpha value is -3.49. The third-order valence-corrected chi connectivity index (χ3v) is 8.36. The molecule has 4 aromatic rings. The van der Waals surface area contributed by atoms with Gasteiger partial charge in [0.2, 0.25) is 15.6 Å². The summed E-state index contributed by atoms with van der Waals surface area (Å²) < 4.78 is 40.5. The molecule has 0 aliphatic heterocycles. The summed E-state index contributed by atoms with van der Waals surface area (Å²) in [6, 6.07) is 18.7. The van der Waals surface area contributed by atoms with Gasteiger partial charge in [0.25, 0.3) is 0 Å². The third-order valence-electron chi connectivity index (χ3n) is 5.25. The minimum atomic E-state index is -4.04. The number of para-hydroxylation sites is 1. The summed E-state index contributed by atoms with van der Waals surface area (Å²) in [7, 11) is -4.04. The molecule has 1 heterocycles. The first kappa shape index (κ1) is 22.7. The molecule has 3 aromatic carbocycles. The van der Waals surface area contributed by atoms with Crippen molar-refractivity contribution in [1.82, 2.24) is 0 Å². The molecule has 0 saturated heterocycles. The molecule has 0 bridgehead atoms. The Morgan fingerprint density at radius 3 is 2.12 bits per heavy atom. The van der Waals surface area contributed by atoms with Crippen molar-refractivity contribution in [2.45, 2.75) is 23.6 Å². The van der Waals surface area contributed by atoms with Crippen molar-refractivity contribution in [3.05, 3.63) is 100 Å². The van der Waals surface area contributed by atoms with Crippen LogP contribution in [0, 0.1) is 19.7 Å². The van der Waals surface area contributed by atoms with Crippen molar-refractivity contribution in [1.29, 1.82) is 0 Å². The minimum Gasteiger partial charge on any atom is -0.396 e. The predicted octanol–water partition coefficient (Wildman–Crippen LogP) is 5.89. The Morgan fingerprint density at radius 2 is 1.52 bits per heavy atom. The molecule has 33 heavy (non-hydrogen) atoms. The van der Waals surface area contributed by atoms with Gasteiger partial charge in [0.15, 0.2) is 0 Å². The van der Waals surface area contributed by atoms with Crippen LogP contribution in [0.4, 0.5) is 20.8 Å². The van der Waals surface area contributed by atoms with E-state index in [0.29, 0.717) is 0 Å². The molecule has 0 fully saturated rings. The Bertz CT molecular complexity index is 1430. The van der Waals surface area contributed by atoms with Crippen molar-refractivity contribution >= 4 is 43.3 Å². The number of rotatable bonds is 6. The second-order valence-corrected chi connectivity index (χ2v) is 10.5. The molecule has 0 atom stereocenters. The maximum Gasteiger partial charge on any atom is 0.211 e. The highest BCUT2D eigenvalue weighted by Crippen LogP contribution is 2.44.